The normalized spacial score (nSPS) is 10.9. The highest BCUT2D eigenvalue weighted by Crippen LogP contribution is 2.39. The number of aromatic nitrogens is 1. The molecule has 3 nitrogen and oxygen atoms in total. The lowest BCUT2D eigenvalue weighted by atomic mass is 10.2. The van der Waals surface area contributed by atoms with Gasteiger partial charge in [-0.05, 0) is 46.3 Å². The second-order valence-electron chi connectivity index (χ2n) is 4.20. The van der Waals surface area contributed by atoms with Crippen LogP contribution >= 0.6 is 43.2 Å². The Bertz CT molecular complexity index is 801. The van der Waals surface area contributed by atoms with Gasteiger partial charge in [0.05, 0.1) is 23.0 Å². The Morgan fingerprint density at radius 1 is 1.20 bits per heavy atom. The summed E-state index contributed by atoms with van der Waals surface area (Å²) in [4.78, 5) is 4.64. The van der Waals surface area contributed by atoms with E-state index in [-0.39, 0.29) is 0 Å². The summed E-state index contributed by atoms with van der Waals surface area (Å²) in [6.45, 7) is 0. The minimum absolute atomic E-state index is 0.694. The summed E-state index contributed by atoms with van der Waals surface area (Å²) in [6, 6.07) is 9.76. The van der Waals surface area contributed by atoms with Crippen LogP contribution in [0.15, 0.2) is 39.3 Å². The Morgan fingerprint density at radius 3 is 2.75 bits per heavy atom. The van der Waals surface area contributed by atoms with E-state index in [0.29, 0.717) is 5.69 Å². The summed E-state index contributed by atoms with van der Waals surface area (Å²) in [5, 5.41) is 0.896. The Labute approximate surface area is 137 Å². The molecule has 0 saturated carbocycles. The van der Waals surface area contributed by atoms with Crippen LogP contribution in [-0.2, 0) is 0 Å². The van der Waals surface area contributed by atoms with E-state index < -0.39 is 0 Å². The van der Waals surface area contributed by atoms with E-state index in [9.17, 15) is 0 Å². The van der Waals surface area contributed by atoms with Gasteiger partial charge in [-0.25, -0.2) is 4.98 Å². The van der Waals surface area contributed by atoms with Crippen molar-refractivity contribution >= 4 is 59.1 Å². The fourth-order valence-electron chi connectivity index (χ4n) is 1.91. The summed E-state index contributed by atoms with van der Waals surface area (Å²) < 4.78 is 8.14. The van der Waals surface area contributed by atoms with E-state index in [1.165, 1.54) is 0 Å². The van der Waals surface area contributed by atoms with Crippen LogP contribution in [0.2, 0.25) is 0 Å². The predicted octanol–water partition coefficient (Wildman–Crippen LogP) is 5.08. The molecular formula is C14H10Br2N2OS. The number of hydrogen-bond donors (Lipinski definition) is 1. The number of rotatable bonds is 2. The van der Waals surface area contributed by atoms with Crippen molar-refractivity contribution in [2.45, 2.75) is 0 Å². The first-order valence-corrected chi connectivity index (χ1v) is 8.18. The zero-order valence-electron chi connectivity index (χ0n) is 10.5. The Hall–Kier alpha value is -1.11. The number of halogens is 2. The highest BCUT2D eigenvalue weighted by Gasteiger charge is 2.13. The third-order valence-corrected chi connectivity index (χ3v) is 5.09. The molecule has 6 heteroatoms. The van der Waals surface area contributed by atoms with Gasteiger partial charge in [0.2, 0.25) is 0 Å². The first-order valence-electron chi connectivity index (χ1n) is 5.78. The molecule has 0 radical (unpaired) electrons. The maximum atomic E-state index is 6.14. The molecule has 0 atom stereocenters. The molecule has 0 aliphatic carbocycles. The molecule has 0 fully saturated rings. The van der Waals surface area contributed by atoms with Crippen LogP contribution in [0.1, 0.15) is 0 Å². The molecule has 3 rings (SSSR count). The smallest absolute Gasteiger partial charge is 0.126 e. The molecule has 0 amide bonds. The van der Waals surface area contributed by atoms with Crippen molar-refractivity contribution in [3.63, 3.8) is 0 Å². The van der Waals surface area contributed by atoms with E-state index >= 15 is 0 Å². The van der Waals surface area contributed by atoms with Gasteiger partial charge in [-0.2, -0.15) is 0 Å². The zero-order chi connectivity index (χ0) is 14.3. The van der Waals surface area contributed by atoms with Crippen molar-refractivity contribution in [3.8, 4) is 16.3 Å². The lowest BCUT2D eigenvalue weighted by Crippen LogP contribution is -1.91. The van der Waals surface area contributed by atoms with Crippen LogP contribution in [0, 0.1) is 0 Å². The number of benzene rings is 2. The first kappa shape index (κ1) is 13.9. The first-order chi connectivity index (χ1) is 9.58. The van der Waals surface area contributed by atoms with E-state index in [1.807, 2.05) is 30.3 Å². The molecule has 0 aliphatic heterocycles. The molecule has 0 unspecified atom stereocenters. The summed E-state index contributed by atoms with van der Waals surface area (Å²) in [5.74, 6) is 0.830. The van der Waals surface area contributed by atoms with E-state index in [4.69, 9.17) is 10.5 Å². The number of nitrogens with two attached hydrogens (primary N) is 1. The predicted molar refractivity (Wildman–Crippen MR) is 91.4 cm³/mol. The molecule has 0 spiro atoms. The third kappa shape index (κ3) is 2.43. The lowest BCUT2D eigenvalue weighted by Gasteiger charge is -2.05. The topological polar surface area (TPSA) is 48.1 Å². The van der Waals surface area contributed by atoms with Crippen molar-refractivity contribution < 1.29 is 4.74 Å². The number of nitrogen functional groups attached to an aromatic ring is 1. The Morgan fingerprint density at radius 2 is 2.00 bits per heavy atom. The fourth-order valence-corrected chi connectivity index (χ4v) is 4.16. The zero-order valence-corrected chi connectivity index (χ0v) is 14.5. The standard InChI is InChI=1S/C14H10Br2N2OS/c1-19-8-2-3-11-12(6-8)20-14(18-11)9-4-7(15)5-10(16)13(9)17/h2-6H,17H2,1H3. The van der Waals surface area contributed by atoms with Gasteiger partial charge in [-0.1, -0.05) is 15.9 Å². The molecule has 2 N–H and O–H groups in total. The van der Waals surface area contributed by atoms with E-state index in [1.54, 1.807) is 18.4 Å². The molecule has 102 valence electrons. The summed E-state index contributed by atoms with van der Waals surface area (Å²) in [7, 11) is 1.66. The minimum Gasteiger partial charge on any atom is -0.497 e. The van der Waals surface area contributed by atoms with Crippen molar-refractivity contribution in [2.75, 3.05) is 12.8 Å². The molecule has 20 heavy (non-hydrogen) atoms. The van der Waals surface area contributed by atoms with Gasteiger partial charge < -0.3 is 10.5 Å². The van der Waals surface area contributed by atoms with E-state index in [0.717, 1.165) is 35.5 Å². The quantitative estimate of drug-likeness (QED) is 0.596. The average Bonchev–Trinajstić information content (AvgIpc) is 2.85. The second kappa shape index (κ2) is 5.35. The molecule has 0 saturated heterocycles. The van der Waals surface area contributed by atoms with Crippen LogP contribution in [0.5, 0.6) is 5.75 Å². The Balaban J connectivity index is 2.20. The van der Waals surface area contributed by atoms with E-state index in [2.05, 4.69) is 36.8 Å². The second-order valence-corrected chi connectivity index (χ2v) is 7.00. The van der Waals surface area contributed by atoms with Crippen LogP contribution in [-0.4, -0.2) is 12.1 Å². The summed E-state index contributed by atoms with van der Waals surface area (Å²) in [6.07, 6.45) is 0. The largest absolute Gasteiger partial charge is 0.497 e. The SMILES string of the molecule is COc1ccc2nc(-c3cc(Br)cc(Br)c3N)sc2c1. The van der Waals surface area contributed by atoms with Crippen molar-refractivity contribution in [3.05, 3.63) is 39.3 Å². The maximum Gasteiger partial charge on any atom is 0.126 e. The minimum atomic E-state index is 0.694. The third-order valence-electron chi connectivity index (χ3n) is 2.92. The van der Waals surface area contributed by atoms with Crippen molar-refractivity contribution in [1.82, 2.24) is 4.98 Å². The molecule has 2 aromatic carbocycles. The molecule has 1 heterocycles. The van der Waals surface area contributed by atoms with Gasteiger partial charge >= 0.3 is 0 Å². The monoisotopic (exact) mass is 412 g/mol. The summed E-state index contributed by atoms with van der Waals surface area (Å²) >= 11 is 8.54. The van der Waals surface area contributed by atoms with Gasteiger partial charge in [0.1, 0.15) is 10.8 Å². The maximum absolute atomic E-state index is 6.14. The lowest BCUT2D eigenvalue weighted by molar-refractivity contribution is 0.415. The molecule has 1 aromatic heterocycles. The fraction of sp³-hybridized carbons (Fsp3) is 0.0714. The molecular weight excluding hydrogens is 404 g/mol. The van der Waals surface area contributed by atoms with Crippen LogP contribution < -0.4 is 10.5 Å². The highest BCUT2D eigenvalue weighted by atomic mass is 79.9. The number of nitrogens with zero attached hydrogens (tertiary/aromatic N) is 1. The molecule has 0 bridgehead atoms. The van der Waals surface area contributed by atoms with Crippen LogP contribution in [0.25, 0.3) is 20.8 Å². The number of hydrogen-bond acceptors (Lipinski definition) is 4. The number of thiazole rings is 1. The van der Waals surface area contributed by atoms with Gasteiger partial charge in [0.25, 0.3) is 0 Å². The van der Waals surface area contributed by atoms with Gasteiger partial charge in [-0.15, -0.1) is 11.3 Å². The molecule has 3 aromatic rings. The van der Waals surface area contributed by atoms with Crippen LogP contribution in [0.4, 0.5) is 5.69 Å². The van der Waals surface area contributed by atoms with Crippen molar-refractivity contribution in [2.24, 2.45) is 0 Å². The van der Waals surface area contributed by atoms with Crippen LogP contribution in [0.3, 0.4) is 0 Å². The average molecular weight is 414 g/mol. The Kier molecular flexibility index (Phi) is 3.70. The van der Waals surface area contributed by atoms with Gasteiger partial charge in [0.15, 0.2) is 0 Å². The number of methoxy groups -OCH3 is 1. The van der Waals surface area contributed by atoms with Gasteiger partial charge in [-0.3, -0.25) is 0 Å². The van der Waals surface area contributed by atoms with Gasteiger partial charge in [0, 0.05) is 14.5 Å². The number of anilines is 1. The number of ether oxygens (including phenoxy) is 1. The number of fused-ring (bicyclic) bond motifs is 1. The highest BCUT2D eigenvalue weighted by molar-refractivity contribution is 9.11. The van der Waals surface area contributed by atoms with Crippen molar-refractivity contribution in [1.29, 1.82) is 0 Å². The molecule has 0 aliphatic rings. The summed E-state index contributed by atoms with van der Waals surface area (Å²) in [5.41, 5.74) is 8.70.